The van der Waals surface area contributed by atoms with Crippen molar-refractivity contribution in [1.29, 1.82) is 5.26 Å². The molecule has 0 aliphatic rings. The molecule has 20 heavy (non-hydrogen) atoms. The van der Waals surface area contributed by atoms with Crippen LogP contribution >= 0.6 is 0 Å². The number of carboxylic acids is 1. The number of amides is 2. The second-order valence-corrected chi connectivity index (χ2v) is 5.31. The highest BCUT2D eigenvalue weighted by Gasteiger charge is 2.26. The average molecular weight is 283 g/mol. The molecule has 0 radical (unpaired) electrons. The molecule has 0 rings (SSSR count). The lowest BCUT2D eigenvalue weighted by molar-refractivity contribution is -0.138. The molecule has 0 saturated heterocycles. The fraction of sp³-hybridized carbons (Fsp3) is 0.786. The van der Waals surface area contributed by atoms with Gasteiger partial charge in [0.25, 0.3) is 0 Å². The number of carbonyl (C=O) groups is 2. The molecule has 1 atom stereocenters. The van der Waals surface area contributed by atoms with E-state index in [-0.39, 0.29) is 31.0 Å². The zero-order valence-corrected chi connectivity index (χ0v) is 12.8. The lowest BCUT2D eigenvalue weighted by Crippen LogP contribution is -2.50. The molecule has 0 heterocycles. The maximum Gasteiger partial charge on any atom is 0.323 e. The van der Waals surface area contributed by atoms with Crippen LogP contribution in [0.15, 0.2) is 0 Å². The molecule has 6 heteroatoms. The average Bonchev–Trinajstić information content (AvgIpc) is 2.38. The number of hydrogen-bond donors (Lipinski definition) is 1. The fourth-order valence-electron chi connectivity index (χ4n) is 1.85. The Labute approximate surface area is 121 Å². The number of nitrogens with zero attached hydrogens (tertiary/aromatic N) is 3. The van der Waals surface area contributed by atoms with Crippen molar-refractivity contribution in [2.24, 2.45) is 5.92 Å². The van der Waals surface area contributed by atoms with E-state index in [1.165, 1.54) is 4.90 Å². The van der Waals surface area contributed by atoms with Crippen molar-refractivity contribution < 1.29 is 14.7 Å². The quantitative estimate of drug-likeness (QED) is 0.739. The van der Waals surface area contributed by atoms with Crippen LogP contribution in [-0.4, -0.2) is 52.6 Å². The third kappa shape index (κ3) is 6.41. The van der Waals surface area contributed by atoms with Gasteiger partial charge >= 0.3 is 12.0 Å². The smallest absolute Gasteiger partial charge is 0.323 e. The summed E-state index contributed by atoms with van der Waals surface area (Å²) < 4.78 is 0. The summed E-state index contributed by atoms with van der Waals surface area (Å²) in [4.78, 5) is 26.4. The van der Waals surface area contributed by atoms with Crippen LogP contribution in [0.1, 0.15) is 40.5 Å². The van der Waals surface area contributed by atoms with Gasteiger partial charge < -0.3 is 14.9 Å². The number of aliphatic carboxylic acids is 1. The molecule has 6 nitrogen and oxygen atoms in total. The fourth-order valence-corrected chi connectivity index (χ4v) is 1.85. The van der Waals surface area contributed by atoms with Crippen LogP contribution in [0.4, 0.5) is 4.79 Å². The molecule has 0 aromatic carbocycles. The molecule has 1 unspecified atom stereocenters. The first-order valence-corrected chi connectivity index (χ1v) is 6.97. The predicted molar refractivity (Wildman–Crippen MR) is 76.1 cm³/mol. The van der Waals surface area contributed by atoms with Gasteiger partial charge in [-0.05, 0) is 19.3 Å². The van der Waals surface area contributed by atoms with Crippen molar-refractivity contribution in [3.05, 3.63) is 0 Å². The lowest BCUT2D eigenvalue weighted by Gasteiger charge is -2.33. The maximum atomic E-state index is 12.5. The molecule has 0 aliphatic carbocycles. The molecule has 1 N–H and O–H groups in total. The van der Waals surface area contributed by atoms with Gasteiger partial charge in [0.05, 0.1) is 12.5 Å². The van der Waals surface area contributed by atoms with Gasteiger partial charge in [0.15, 0.2) is 0 Å². The van der Waals surface area contributed by atoms with Crippen molar-refractivity contribution in [1.82, 2.24) is 9.80 Å². The Hall–Kier alpha value is -1.77. The van der Waals surface area contributed by atoms with Crippen LogP contribution < -0.4 is 0 Å². The van der Waals surface area contributed by atoms with Gasteiger partial charge in [-0.3, -0.25) is 4.79 Å². The van der Waals surface area contributed by atoms with Crippen molar-refractivity contribution in [3.8, 4) is 6.07 Å². The minimum Gasteiger partial charge on any atom is -0.480 e. The van der Waals surface area contributed by atoms with Crippen molar-refractivity contribution in [2.45, 2.75) is 46.6 Å². The van der Waals surface area contributed by atoms with Crippen molar-refractivity contribution >= 4 is 12.0 Å². The molecule has 0 aromatic rings. The molecule has 0 aliphatic heterocycles. The number of nitriles is 1. The van der Waals surface area contributed by atoms with E-state index < -0.39 is 5.97 Å². The molecule has 114 valence electrons. The number of hydrogen-bond acceptors (Lipinski definition) is 3. The molecular formula is C14H25N3O3. The predicted octanol–water partition coefficient (Wildman–Crippen LogP) is 2.16. The molecule has 0 aromatic heterocycles. The Kier molecular flexibility index (Phi) is 8.37. The topological polar surface area (TPSA) is 84.6 Å². The van der Waals surface area contributed by atoms with Gasteiger partial charge in [0, 0.05) is 19.1 Å². The third-order valence-corrected chi connectivity index (χ3v) is 3.02. The SMILES string of the molecule is CCC(C)N(CC(=O)O)C(=O)N(CCC#N)CC(C)C. The first kappa shape index (κ1) is 18.2. The molecule has 0 fully saturated rings. The van der Waals surface area contributed by atoms with E-state index >= 15 is 0 Å². The Morgan fingerprint density at radius 2 is 1.90 bits per heavy atom. The third-order valence-electron chi connectivity index (χ3n) is 3.02. The Morgan fingerprint density at radius 3 is 2.30 bits per heavy atom. The zero-order chi connectivity index (χ0) is 15.7. The maximum absolute atomic E-state index is 12.5. The van der Waals surface area contributed by atoms with Crippen LogP contribution in [0.5, 0.6) is 0 Å². The second kappa shape index (κ2) is 9.18. The Balaban J connectivity index is 5.01. The summed E-state index contributed by atoms with van der Waals surface area (Å²) in [6.45, 7) is 8.25. The van der Waals surface area contributed by atoms with Crippen molar-refractivity contribution in [2.75, 3.05) is 19.6 Å². The molecule has 0 saturated carbocycles. The van der Waals surface area contributed by atoms with Crippen LogP contribution in [0.25, 0.3) is 0 Å². The van der Waals surface area contributed by atoms with Crippen LogP contribution in [0, 0.1) is 17.2 Å². The summed E-state index contributed by atoms with van der Waals surface area (Å²) in [7, 11) is 0. The van der Waals surface area contributed by atoms with Crippen LogP contribution in [0.3, 0.4) is 0 Å². The van der Waals surface area contributed by atoms with E-state index in [0.29, 0.717) is 19.5 Å². The van der Waals surface area contributed by atoms with E-state index in [1.54, 1.807) is 4.90 Å². The highest BCUT2D eigenvalue weighted by molar-refractivity contribution is 5.80. The van der Waals surface area contributed by atoms with Gasteiger partial charge in [0.2, 0.25) is 0 Å². The number of carboxylic acid groups (broad SMARTS) is 1. The number of urea groups is 1. The van der Waals surface area contributed by atoms with E-state index in [2.05, 4.69) is 0 Å². The van der Waals surface area contributed by atoms with Gasteiger partial charge in [-0.15, -0.1) is 0 Å². The van der Waals surface area contributed by atoms with Crippen LogP contribution in [-0.2, 0) is 4.79 Å². The normalized spacial score (nSPS) is 11.8. The van der Waals surface area contributed by atoms with Crippen molar-refractivity contribution in [3.63, 3.8) is 0 Å². The van der Waals surface area contributed by atoms with Gasteiger partial charge in [-0.2, -0.15) is 5.26 Å². The Morgan fingerprint density at radius 1 is 1.30 bits per heavy atom. The minimum atomic E-state index is -1.02. The Bertz CT molecular complexity index is 363. The van der Waals surface area contributed by atoms with Gasteiger partial charge in [0.1, 0.15) is 6.54 Å². The van der Waals surface area contributed by atoms with E-state index in [9.17, 15) is 9.59 Å². The van der Waals surface area contributed by atoms with E-state index in [1.807, 2.05) is 33.8 Å². The van der Waals surface area contributed by atoms with E-state index in [0.717, 1.165) is 0 Å². The standard InChI is InChI=1S/C14H25N3O3/c1-5-12(4)17(10-13(18)19)14(20)16(8-6-7-15)9-11(2)3/h11-12H,5-6,8-10H2,1-4H3,(H,18,19). The van der Waals surface area contributed by atoms with Crippen LogP contribution in [0.2, 0.25) is 0 Å². The van der Waals surface area contributed by atoms with E-state index in [4.69, 9.17) is 10.4 Å². The van der Waals surface area contributed by atoms with Gasteiger partial charge in [-0.25, -0.2) is 4.79 Å². The first-order chi connectivity index (χ1) is 9.33. The first-order valence-electron chi connectivity index (χ1n) is 6.97. The summed E-state index contributed by atoms with van der Waals surface area (Å²) >= 11 is 0. The summed E-state index contributed by atoms with van der Waals surface area (Å²) in [6, 6.07) is 1.58. The summed E-state index contributed by atoms with van der Waals surface area (Å²) in [6.07, 6.45) is 0.937. The monoisotopic (exact) mass is 283 g/mol. The summed E-state index contributed by atoms with van der Waals surface area (Å²) in [5, 5.41) is 17.6. The largest absolute Gasteiger partial charge is 0.480 e. The second-order valence-electron chi connectivity index (χ2n) is 5.31. The minimum absolute atomic E-state index is 0.143. The van der Waals surface area contributed by atoms with Gasteiger partial charge in [-0.1, -0.05) is 20.8 Å². The molecule has 0 spiro atoms. The molecule has 0 bridgehead atoms. The highest BCUT2D eigenvalue weighted by Crippen LogP contribution is 2.10. The zero-order valence-electron chi connectivity index (χ0n) is 12.8. The summed E-state index contributed by atoms with van der Waals surface area (Å²) in [5.74, 6) is -0.760. The molecular weight excluding hydrogens is 258 g/mol. The molecule has 2 amide bonds. The number of carbonyl (C=O) groups excluding carboxylic acids is 1. The summed E-state index contributed by atoms with van der Waals surface area (Å²) in [5.41, 5.74) is 0. The highest BCUT2D eigenvalue weighted by atomic mass is 16.4. The number of rotatable bonds is 8. The lowest BCUT2D eigenvalue weighted by atomic mass is 10.2.